The minimum Gasteiger partial charge on any atom is -0.426 e. The molecule has 6 aromatic carbocycles. The lowest BCUT2D eigenvalue weighted by molar-refractivity contribution is -0.141. The van der Waals surface area contributed by atoms with E-state index in [4.69, 9.17) is 45.8 Å². The number of hydrogen-bond donors (Lipinski definition) is 0. The Morgan fingerprint density at radius 3 is 0.910 bits per heavy atom. The third kappa shape index (κ3) is 30.1. The highest BCUT2D eigenvalue weighted by Crippen LogP contribution is 2.37. The summed E-state index contributed by atoms with van der Waals surface area (Å²) in [7, 11) is 0. The lowest BCUT2D eigenvalue weighted by Gasteiger charge is -2.26. The number of benzene rings is 6. The molecule has 12 nitrogen and oxygen atoms in total. The summed E-state index contributed by atoms with van der Waals surface area (Å²) < 4.78 is 96.1. The molecule has 6 fully saturated rings. The van der Waals surface area contributed by atoms with Crippen LogP contribution in [-0.2, 0) is 33.6 Å². The molecule has 0 spiro atoms. The highest BCUT2D eigenvalue weighted by atomic mass is 19.2. The van der Waals surface area contributed by atoms with Crippen LogP contribution in [0.25, 0.3) is 0 Å². The molecule has 0 saturated heterocycles. The number of esters is 3. The van der Waals surface area contributed by atoms with Crippen LogP contribution in [0.15, 0.2) is 109 Å². The van der Waals surface area contributed by atoms with Gasteiger partial charge in [0.15, 0.2) is 0 Å². The number of carbonyl (C=O) groups excluding carboxylic acids is 3. The normalized spacial score (nSPS) is 23.1. The molecule has 0 aromatic heterocycles. The topological polar surface area (TPSA) is 222 Å². The zero-order chi connectivity index (χ0) is 80.4. The molecular weight excluding hydrogens is 1410 g/mol. The summed E-state index contributed by atoms with van der Waals surface area (Å²) in [4.78, 5) is 35.8. The number of ether oxygens (including phenoxy) is 3. The maximum absolute atomic E-state index is 13.5. The Morgan fingerprint density at radius 1 is 0.297 bits per heavy atom. The van der Waals surface area contributed by atoms with Gasteiger partial charge in [-0.1, -0.05) is 137 Å². The lowest BCUT2D eigenvalue weighted by atomic mass is 9.80. The Bertz CT molecular complexity index is 4180. The Kier molecular flexibility index (Phi) is 36.8. The number of nitrogens with zero attached hydrogens (tertiary/aromatic N) is 6. The first-order valence-corrected chi connectivity index (χ1v) is 40.2. The Morgan fingerprint density at radius 2 is 0.568 bits per heavy atom. The Labute approximate surface area is 654 Å². The lowest BCUT2D eigenvalue weighted by Crippen LogP contribution is -2.25. The first kappa shape index (κ1) is 88.5. The number of halogens is 6. The highest BCUT2D eigenvalue weighted by molar-refractivity contribution is 5.76. The van der Waals surface area contributed by atoms with Gasteiger partial charge >= 0.3 is 17.9 Å². The van der Waals surface area contributed by atoms with E-state index in [1.165, 1.54) is 132 Å². The summed E-state index contributed by atoms with van der Waals surface area (Å²) in [6, 6.07) is 38.6. The molecule has 18 heteroatoms. The van der Waals surface area contributed by atoms with Crippen LogP contribution in [0, 0.1) is 174 Å². The van der Waals surface area contributed by atoms with Crippen LogP contribution in [0.1, 0.15) is 265 Å². The monoisotopic (exact) mass is 1520 g/mol. The van der Waals surface area contributed by atoms with Gasteiger partial charge < -0.3 is 14.2 Å². The molecule has 0 amide bonds. The smallest absolute Gasteiger partial charge is 0.314 e. The van der Waals surface area contributed by atoms with E-state index >= 15 is 0 Å². The molecule has 0 bridgehead atoms. The van der Waals surface area contributed by atoms with E-state index in [9.17, 15) is 40.7 Å². The number of nitriles is 6. The van der Waals surface area contributed by atoms with Gasteiger partial charge in [0.05, 0.1) is 52.1 Å². The number of rotatable bonds is 15. The predicted molar refractivity (Wildman–Crippen MR) is 415 cm³/mol. The number of aryl methyl sites for hydroxylation is 3. The third-order valence-corrected chi connectivity index (χ3v) is 23.3. The third-order valence-electron chi connectivity index (χ3n) is 23.3. The van der Waals surface area contributed by atoms with Crippen molar-refractivity contribution >= 4 is 17.9 Å². The second-order valence-corrected chi connectivity index (χ2v) is 32.2. The van der Waals surface area contributed by atoms with Crippen molar-refractivity contribution in [3.8, 4) is 53.7 Å². The molecule has 6 aromatic rings. The number of carbonyl (C=O) groups is 3. The maximum Gasteiger partial charge on any atom is 0.314 e. The zero-order valence-electron chi connectivity index (χ0n) is 65.4. The van der Waals surface area contributed by atoms with Crippen LogP contribution < -0.4 is 14.2 Å². The van der Waals surface area contributed by atoms with Gasteiger partial charge in [0.25, 0.3) is 0 Å². The van der Waals surface area contributed by atoms with Gasteiger partial charge in [-0.15, -0.1) is 0 Å². The highest BCUT2D eigenvalue weighted by Gasteiger charge is 2.30. The van der Waals surface area contributed by atoms with Gasteiger partial charge in [-0.25, -0.2) is 26.3 Å². The van der Waals surface area contributed by atoms with Crippen molar-refractivity contribution in [3.05, 3.63) is 194 Å². The fourth-order valence-corrected chi connectivity index (χ4v) is 15.4. The van der Waals surface area contributed by atoms with Gasteiger partial charge in [-0.05, 0) is 258 Å². The average Bonchev–Trinajstić information content (AvgIpc) is 0.841. The standard InChI is InChI=1S/C16H19F2N.C16H20FN.C16H21N.C15H15F2NO2.C15H16FNO2.C15H17NO2/c1-11-2-4-12(5-3-11)6-7-13-8-15(17)14(10-19)16(18)9-13;1-12-2-4-13(5-3-12)6-7-14-8-9-15(11-18)16(17)10-14;1-13-2-4-14(5-3-13)6-7-15-8-10-16(12-17)11-9-15;1-9-2-4-10(5-3-9)15(19)20-11-6-13(16)12(8-18)14(17)7-11;1-10-2-4-11(5-3-10)15(18)19-13-7-6-12(9-17)14(16)8-13;1-11-2-6-13(7-3-11)15(17)18-14-8-4-12(10-16)5-9-14/h8-9,11-12H,2-7H2,1H3;8-10,12-13H,2-7H2,1H3;8-11,13-14H,2-7H2,1H3;6-7,9-10H,2-5H2,1H3;6-8,10-11H,2-5H2,1H3;4-5,8-9,11,13H,2-3,6-7H2,1H3. The Balaban J connectivity index is 0.000000185. The van der Waals surface area contributed by atoms with Gasteiger partial charge in [0, 0.05) is 18.2 Å². The zero-order valence-corrected chi connectivity index (χ0v) is 65.4. The van der Waals surface area contributed by atoms with Crippen LogP contribution >= 0.6 is 0 Å². The van der Waals surface area contributed by atoms with Crippen molar-refractivity contribution in [2.24, 2.45) is 71.0 Å². The quantitative estimate of drug-likeness (QED) is 0.0532. The largest absolute Gasteiger partial charge is 0.426 e. The van der Waals surface area contributed by atoms with E-state index in [1.807, 2.05) is 30.3 Å². The molecular formula is C93H108F6N6O6. The fraction of sp³-hybridized carbons (Fsp3) is 0.516. The average molecular weight is 1520 g/mol. The van der Waals surface area contributed by atoms with Crippen molar-refractivity contribution < 1.29 is 54.9 Å². The second kappa shape index (κ2) is 46.2. The molecule has 6 saturated carbocycles. The summed E-state index contributed by atoms with van der Waals surface area (Å²) in [6.45, 7) is 13.5. The fourth-order valence-electron chi connectivity index (χ4n) is 15.4. The molecule has 588 valence electrons. The maximum atomic E-state index is 13.5. The second-order valence-electron chi connectivity index (χ2n) is 32.2. The molecule has 0 radical (unpaired) electrons. The molecule has 0 atom stereocenters. The van der Waals surface area contributed by atoms with Crippen LogP contribution in [-0.4, -0.2) is 17.9 Å². The summed E-state index contributed by atoms with van der Waals surface area (Å²) in [5.74, 6) is 1.84. The van der Waals surface area contributed by atoms with Gasteiger partial charge in [0.1, 0.15) is 87.6 Å². The minimum atomic E-state index is -1.02. The van der Waals surface area contributed by atoms with Crippen molar-refractivity contribution in [2.75, 3.05) is 0 Å². The minimum absolute atomic E-state index is 0.0387. The molecule has 6 aliphatic carbocycles. The first-order chi connectivity index (χ1) is 53.3. The van der Waals surface area contributed by atoms with E-state index in [0.29, 0.717) is 41.1 Å². The molecule has 12 rings (SSSR count). The van der Waals surface area contributed by atoms with E-state index < -0.39 is 46.2 Å². The van der Waals surface area contributed by atoms with Crippen molar-refractivity contribution in [1.82, 2.24) is 0 Å². The SMILES string of the molecule is CC1CCC(C(=O)Oc2cc(F)c(C#N)c(F)c2)CC1.CC1CCC(C(=O)Oc2ccc(C#N)c(F)c2)CC1.CC1CCC(C(=O)Oc2ccc(C#N)cc2)CC1.CC1CCC(CCc2cc(F)c(C#N)c(F)c2)CC1.CC1CCC(CCc2ccc(C#N)c(F)c2)CC1.CC1CCC(CCc2ccc(C#N)cc2)CC1. The molecule has 0 heterocycles. The van der Waals surface area contributed by atoms with Gasteiger partial charge in [-0.2, -0.15) is 31.6 Å². The summed E-state index contributed by atoms with van der Waals surface area (Å²) >= 11 is 0. The van der Waals surface area contributed by atoms with Gasteiger partial charge in [0.2, 0.25) is 0 Å². The predicted octanol–water partition coefficient (Wildman–Crippen LogP) is 23.7. The molecule has 0 aliphatic heterocycles. The van der Waals surface area contributed by atoms with Crippen molar-refractivity contribution in [1.29, 1.82) is 31.6 Å². The Hall–Kier alpha value is -9.75. The van der Waals surface area contributed by atoms with E-state index in [-0.39, 0.29) is 58.1 Å². The van der Waals surface area contributed by atoms with Crippen LogP contribution in [0.3, 0.4) is 0 Å². The van der Waals surface area contributed by atoms with E-state index in [0.717, 1.165) is 161 Å². The van der Waals surface area contributed by atoms with Crippen molar-refractivity contribution in [3.63, 3.8) is 0 Å². The first-order valence-electron chi connectivity index (χ1n) is 40.2. The van der Waals surface area contributed by atoms with Gasteiger partial charge in [-0.3, -0.25) is 14.4 Å². The molecule has 0 unspecified atom stereocenters. The summed E-state index contributed by atoms with van der Waals surface area (Å²) in [5.41, 5.74) is 3.34. The van der Waals surface area contributed by atoms with Crippen LogP contribution in [0.5, 0.6) is 17.2 Å². The van der Waals surface area contributed by atoms with Crippen LogP contribution in [0.4, 0.5) is 26.3 Å². The molecule has 0 N–H and O–H groups in total. The molecule has 6 aliphatic rings. The summed E-state index contributed by atoms with van der Waals surface area (Å²) in [5, 5.41) is 51.9. The number of hydrogen-bond acceptors (Lipinski definition) is 12. The van der Waals surface area contributed by atoms with E-state index in [2.05, 4.69) is 59.7 Å². The molecule has 111 heavy (non-hydrogen) atoms. The van der Waals surface area contributed by atoms with Crippen molar-refractivity contribution in [2.45, 2.75) is 234 Å². The van der Waals surface area contributed by atoms with Crippen LogP contribution in [0.2, 0.25) is 0 Å². The van der Waals surface area contributed by atoms with E-state index in [1.54, 1.807) is 42.5 Å². The summed E-state index contributed by atoms with van der Waals surface area (Å²) in [6.07, 6.45) is 33.4.